The lowest BCUT2D eigenvalue weighted by molar-refractivity contribution is 0.164. The van der Waals surface area contributed by atoms with Crippen molar-refractivity contribution in [1.82, 2.24) is 9.62 Å². The molecule has 0 unspecified atom stereocenters. The molecule has 7 heteroatoms. The number of thiophene rings is 1. The Morgan fingerprint density at radius 2 is 1.58 bits per heavy atom. The first-order chi connectivity index (χ1) is 14.9. The lowest BCUT2D eigenvalue weighted by Crippen LogP contribution is -2.52. The second-order valence-electron chi connectivity index (χ2n) is 8.04. The third-order valence-electron chi connectivity index (χ3n) is 5.81. The maximum absolute atomic E-state index is 13.0. The molecule has 2 aromatic carbocycles. The normalized spacial score (nSPS) is 17.4. The molecule has 1 N–H and O–H groups in total. The van der Waals surface area contributed by atoms with Crippen LogP contribution >= 0.6 is 11.3 Å². The van der Waals surface area contributed by atoms with Crippen molar-refractivity contribution in [2.24, 2.45) is 0 Å². The van der Waals surface area contributed by atoms with E-state index >= 15 is 0 Å². The van der Waals surface area contributed by atoms with Crippen molar-refractivity contribution in [3.05, 3.63) is 82.6 Å². The summed E-state index contributed by atoms with van der Waals surface area (Å²) >= 11 is 1.68. The molecule has 2 heterocycles. The van der Waals surface area contributed by atoms with Crippen LogP contribution in [-0.2, 0) is 10.0 Å². The van der Waals surface area contributed by atoms with E-state index in [2.05, 4.69) is 50.2 Å². The Balaban J connectivity index is 1.50. The molecule has 0 radical (unpaired) electrons. The number of anilines is 1. The summed E-state index contributed by atoms with van der Waals surface area (Å²) in [6, 6.07) is 21.3. The quantitative estimate of drug-likeness (QED) is 0.578. The van der Waals surface area contributed by atoms with Crippen LogP contribution in [0, 0.1) is 6.92 Å². The zero-order valence-corrected chi connectivity index (χ0v) is 19.6. The second kappa shape index (κ2) is 9.53. The Labute approximate surface area is 189 Å². The van der Waals surface area contributed by atoms with Crippen LogP contribution in [0.2, 0.25) is 0 Å². The topological polar surface area (TPSA) is 52.7 Å². The van der Waals surface area contributed by atoms with Gasteiger partial charge in [0.1, 0.15) is 0 Å². The number of rotatable bonds is 7. The van der Waals surface area contributed by atoms with Gasteiger partial charge in [0.05, 0.1) is 10.9 Å². The first kappa shape index (κ1) is 22.0. The Hall–Kier alpha value is -2.19. The zero-order valence-electron chi connectivity index (χ0n) is 17.9. The predicted molar refractivity (Wildman–Crippen MR) is 128 cm³/mol. The third kappa shape index (κ3) is 5.18. The Morgan fingerprint density at radius 3 is 2.19 bits per heavy atom. The van der Waals surface area contributed by atoms with Crippen LogP contribution in [0.4, 0.5) is 5.69 Å². The van der Waals surface area contributed by atoms with Crippen LogP contribution < -0.4 is 9.62 Å². The molecule has 0 aliphatic carbocycles. The number of hydrogen-bond donors (Lipinski definition) is 1. The second-order valence-corrected chi connectivity index (χ2v) is 10.7. The van der Waals surface area contributed by atoms with E-state index in [0.29, 0.717) is 4.90 Å². The van der Waals surface area contributed by atoms with Crippen molar-refractivity contribution in [2.75, 3.05) is 31.1 Å². The molecule has 0 bridgehead atoms. The molecular formula is C24H29N3O2S2. The molecule has 164 valence electrons. The average molecular weight is 456 g/mol. The smallest absolute Gasteiger partial charge is 0.240 e. The molecule has 2 atom stereocenters. The highest BCUT2D eigenvalue weighted by atomic mass is 32.2. The average Bonchev–Trinajstić information content (AvgIpc) is 3.29. The maximum atomic E-state index is 13.0. The fraction of sp³-hybridized carbons (Fsp3) is 0.333. The third-order valence-corrected chi connectivity index (χ3v) is 8.33. The van der Waals surface area contributed by atoms with E-state index in [4.69, 9.17) is 0 Å². The molecule has 31 heavy (non-hydrogen) atoms. The summed E-state index contributed by atoms with van der Waals surface area (Å²) < 4.78 is 29.0. The van der Waals surface area contributed by atoms with Gasteiger partial charge in [-0.25, -0.2) is 13.1 Å². The minimum Gasteiger partial charge on any atom is -0.369 e. The van der Waals surface area contributed by atoms with E-state index in [1.165, 1.54) is 10.6 Å². The van der Waals surface area contributed by atoms with Gasteiger partial charge in [-0.2, -0.15) is 0 Å². The number of nitrogens with zero attached hydrogens (tertiary/aromatic N) is 2. The summed E-state index contributed by atoms with van der Waals surface area (Å²) in [6.07, 6.45) is 0. The van der Waals surface area contributed by atoms with E-state index in [-0.39, 0.29) is 12.1 Å². The van der Waals surface area contributed by atoms with Crippen molar-refractivity contribution in [3.8, 4) is 0 Å². The van der Waals surface area contributed by atoms with Crippen molar-refractivity contribution in [3.63, 3.8) is 0 Å². The molecule has 0 saturated carbocycles. The minimum atomic E-state index is -3.59. The van der Waals surface area contributed by atoms with Gasteiger partial charge >= 0.3 is 0 Å². The molecule has 5 nitrogen and oxygen atoms in total. The largest absolute Gasteiger partial charge is 0.369 e. The maximum Gasteiger partial charge on any atom is 0.240 e. The minimum absolute atomic E-state index is 0.00172. The van der Waals surface area contributed by atoms with Crippen molar-refractivity contribution in [1.29, 1.82) is 0 Å². The number of nitrogens with one attached hydrogen (secondary N) is 1. The Morgan fingerprint density at radius 1 is 0.903 bits per heavy atom. The van der Waals surface area contributed by atoms with Gasteiger partial charge in [-0.3, -0.25) is 4.90 Å². The van der Waals surface area contributed by atoms with Gasteiger partial charge in [0.25, 0.3) is 0 Å². The zero-order chi connectivity index (χ0) is 21.8. The van der Waals surface area contributed by atoms with Crippen molar-refractivity contribution < 1.29 is 8.42 Å². The summed E-state index contributed by atoms with van der Waals surface area (Å²) in [4.78, 5) is 6.30. The van der Waals surface area contributed by atoms with Crippen LogP contribution in [0.1, 0.15) is 23.4 Å². The molecule has 0 amide bonds. The fourth-order valence-electron chi connectivity index (χ4n) is 4.19. The van der Waals surface area contributed by atoms with Gasteiger partial charge in [0, 0.05) is 42.8 Å². The molecular weight excluding hydrogens is 426 g/mol. The van der Waals surface area contributed by atoms with Crippen LogP contribution in [0.5, 0.6) is 0 Å². The van der Waals surface area contributed by atoms with Gasteiger partial charge < -0.3 is 4.90 Å². The molecule has 0 spiro atoms. The highest BCUT2D eigenvalue weighted by Gasteiger charge is 2.32. The van der Waals surface area contributed by atoms with E-state index in [0.717, 1.165) is 31.7 Å². The molecule has 1 saturated heterocycles. The van der Waals surface area contributed by atoms with Crippen molar-refractivity contribution >= 4 is 27.0 Å². The summed E-state index contributed by atoms with van der Waals surface area (Å²) in [5.41, 5.74) is 2.28. The summed E-state index contributed by atoms with van der Waals surface area (Å²) in [7, 11) is -3.59. The van der Waals surface area contributed by atoms with Gasteiger partial charge in [-0.1, -0.05) is 42.0 Å². The summed E-state index contributed by atoms with van der Waals surface area (Å²) in [5.74, 6) is 0. The highest BCUT2D eigenvalue weighted by Crippen LogP contribution is 2.31. The van der Waals surface area contributed by atoms with E-state index in [9.17, 15) is 8.42 Å². The number of piperazine rings is 1. The lowest BCUT2D eigenvalue weighted by atomic mass is 10.1. The molecule has 1 aliphatic heterocycles. The molecule has 3 aromatic rings. The summed E-state index contributed by atoms with van der Waals surface area (Å²) in [5, 5.41) is 2.06. The molecule has 1 aliphatic rings. The SMILES string of the molecule is Cc1ccc(S(=O)(=O)N[C@@H](C)[C@@H](c2cccs2)N2CCN(c3ccccc3)CC2)cc1. The van der Waals surface area contributed by atoms with Gasteiger partial charge in [0.2, 0.25) is 10.0 Å². The number of para-hydroxylation sites is 1. The lowest BCUT2D eigenvalue weighted by Gasteiger charge is -2.42. The monoisotopic (exact) mass is 455 g/mol. The van der Waals surface area contributed by atoms with E-state index in [1.807, 2.05) is 38.1 Å². The first-order valence-electron chi connectivity index (χ1n) is 10.6. The highest BCUT2D eigenvalue weighted by molar-refractivity contribution is 7.89. The molecule has 1 fully saturated rings. The molecule has 4 rings (SSSR count). The molecule has 1 aromatic heterocycles. The number of sulfonamides is 1. The van der Waals surface area contributed by atoms with Crippen LogP contribution in [0.3, 0.4) is 0 Å². The van der Waals surface area contributed by atoms with E-state index < -0.39 is 10.0 Å². The predicted octanol–water partition coefficient (Wildman–Crippen LogP) is 4.29. The van der Waals surface area contributed by atoms with Crippen molar-refractivity contribution in [2.45, 2.75) is 30.8 Å². The Bertz CT molecular complexity index is 1060. The number of benzene rings is 2. The standard InChI is InChI=1S/C24H29N3O2S2/c1-19-10-12-22(13-11-19)31(28,29)25-20(2)24(23-9-6-18-30-23)27-16-14-26(15-17-27)21-7-4-3-5-8-21/h3-13,18,20,24-25H,14-17H2,1-2H3/t20-,24-/m0/s1. The van der Waals surface area contributed by atoms with Gasteiger partial charge in [0.15, 0.2) is 0 Å². The van der Waals surface area contributed by atoms with Crippen LogP contribution in [0.15, 0.2) is 77.0 Å². The van der Waals surface area contributed by atoms with Gasteiger partial charge in [-0.05, 0) is 49.6 Å². The summed E-state index contributed by atoms with van der Waals surface area (Å²) in [6.45, 7) is 7.53. The van der Waals surface area contributed by atoms with Crippen LogP contribution in [0.25, 0.3) is 0 Å². The van der Waals surface area contributed by atoms with E-state index in [1.54, 1.807) is 23.5 Å². The number of aryl methyl sites for hydroxylation is 1. The Kier molecular flexibility index (Phi) is 6.77. The first-order valence-corrected chi connectivity index (χ1v) is 13.0. The van der Waals surface area contributed by atoms with Crippen LogP contribution in [-0.4, -0.2) is 45.5 Å². The fourth-order valence-corrected chi connectivity index (χ4v) is 6.41. The number of hydrogen-bond acceptors (Lipinski definition) is 5. The van der Waals surface area contributed by atoms with Gasteiger partial charge in [-0.15, -0.1) is 11.3 Å².